The van der Waals surface area contributed by atoms with Gasteiger partial charge in [0.05, 0.1) is 17.2 Å². The van der Waals surface area contributed by atoms with Crippen LogP contribution in [0.15, 0.2) is 10.5 Å². The maximum absolute atomic E-state index is 5.28. The van der Waals surface area contributed by atoms with Crippen molar-refractivity contribution in [3.05, 3.63) is 21.1 Å². The quantitative estimate of drug-likeness (QED) is 0.766. The van der Waals surface area contributed by atoms with Gasteiger partial charge in [0.2, 0.25) is 0 Å². The number of aryl methyl sites for hydroxylation is 1. The molecule has 1 rings (SSSR count). The SMILES string of the molecule is C=C(OCC)c1sc(Br)nc1C. The van der Waals surface area contributed by atoms with Gasteiger partial charge in [0.25, 0.3) is 0 Å². The smallest absolute Gasteiger partial charge is 0.160 e. The Kier molecular flexibility index (Phi) is 3.29. The van der Waals surface area contributed by atoms with E-state index in [9.17, 15) is 0 Å². The van der Waals surface area contributed by atoms with Gasteiger partial charge in [-0.15, -0.1) is 11.3 Å². The van der Waals surface area contributed by atoms with Crippen LogP contribution in [0.1, 0.15) is 17.5 Å². The molecule has 66 valence electrons. The molecule has 0 unspecified atom stereocenters. The number of hydrogen-bond donors (Lipinski definition) is 0. The lowest BCUT2D eigenvalue weighted by Crippen LogP contribution is -1.88. The maximum atomic E-state index is 5.28. The molecule has 1 aromatic heterocycles. The zero-order valence-electron chi connectivity index (χ0n) is 7.06. The van der Waals surface area contributed by atoms with Gasteiger partial charge in [-0.3, -0.25) is 0 Å². The number of aromatic nitrogens is 1. The second kappa shape index (κ2) is 4.05. The standard InChI is InChI=1S/C8H10BrNOS/c1-4-11-6(3)7-5(2)10-8(9)12-7/h3-4H2,1-2H3. The first-order valence-electron chi connectivity index (χ1n) is 3.60. The van der Waals surface area contributed by atoms with Crippen LogP contribution in [-0.2, 0) is 4.74 Å². The minimum absolute atomic E-state index is 0.647. The fourth-order valence-corrected chi connectivity index (χ4v) is 2.33. The molecule has 0 amide bonds. The number of halogens is 1. The van der Waals surface area contributed by atoms with Crippen LogP contribution < -0.4 is 0 Å². The molecule has 0 aromatic carbocycles. The van der Waals surface area contributed by atoms with Crippen molar-refractivity contribution in [2.75, 3.05) is 6.61 Å². The van der Waals surface area contributed by atoms with Gasteiger partial charge in [0.15, 0.2) is 3.92 Å². The van der Waals surface area contributed by atoms with Crippen LogP contribution in [0.25, 0.3) is 5.76 Å². The Labute approximate surface area is 84.4 Å². The van der Waals surface area contributed by atoms with Gasteiger partial charge in [0.1, 0.15) is 5.76 Å². The Bertz CT molecular complexity index is 295. The first-order chi connectivity index (χ1) is 5.65. The molecule has 0 N–H and O–H groups in total. The number of hydrogen-bond acceptors (Lipinski definition) is 3. The molecule has 0 radical (unpaired) electrons. The average molecular weight is 248 g/mol. The van der Waals surface area contributed by atoms with Crippen molar-refractivity contribution in [1.29, 1.82) is 0 Å². The van der Waals surface area contributed by atoms with Crippen LogP contribution in [-0.4, -0.2) is 11.6 Å². The maximum Gasteiger partial charge on any atom is 0.160 e. The Morgan fingerprint density at radius 2 is 2.42 bits per heavy atom. The molecule has 0 saturated heterocycles. The molecule has 0 spiro atoms. The van der Waals surface area contributed by atoms with Gasteiger partial charge in [-0.1, -0.05) is 6.58 Å². The number of thiazole rings is 1. The molecule has 0 saturated carbocycles. The van der Waals surface area contributed by atoms with E-state index in [1.807, 2.05) is 13.8 Å². The molecule has 2 nitrogen and oxygen atoms in total. The van der Waals surface area contributed by atoms with E-state index in [1.165, 1.54) is 0 Å². The summed E-state index contributed by atoms with van der Waals surface area (Å²) in [5, 5.41) is 0. The summed E-state index contributed by atoms with van der Waals surface area (Å²) in [5.74, 6) is 0.707. The fraction of sp³-hybridized carbons (Fsp3) is 0.375. The van der Waals surface area contributed by atoms with Crippen molar-refractivity contribution in [2.45, 2.75) is 13.8 Å². The Balaban J connectivity index is 2.87. The lowest BCUT2D eigenvalue weighted by molar-refractivity contribution is 0.300. The molecular weight excluding hydrogens is 238 g/mol. The van der Waals surface area contributed by atoms with Crippen LogP contribution in [0.3, 0.4) is 0 Å². The summed E-state index contributed by atoms with van der Waals surface area (Å²) < 4.78 is 6.15. The summed E-state index contributed by atoms with van der Waals surface area (Å²) >= 11 is 4.86. The Morgan fingerprint density at radius 3 is 2.83 bits per heavy atom. The highest BCUT2D eigenvalue weighted by molar-refractivity contribution is 9.11. The van der Waals surface area contributed by atoms with Crippen molar-refractivity contribution in [2.24, 2.45) is 0 Å². The van der Waals surface area contributed by atoms with E-state index in [2.05, 4.69) is 27.5 Å². The van der Waals surface area contributed by atoms with E-state index in [0.29, 0.717) is 12.4 Å². The van der Waals surface area contributed by atoms with E-state index < -0.39 is 0 Å². The van der Waals surface area contributed by atoms with Crippen LogP contribution in [0.2, 0.25) is 0 Å². The largest absolute Gasteiger partial charge is 0.493 e. The van der Waals surface area contributed by atoms with Gasteiger partial charge >= 0.3 is 0 Å². The third-order valence-corrected chi connectivity index (χ3v) is 2.99. The highest BCUT2D eigenvalue weighted by Gasteiger charge is 2.09. The molecule has 1 aromatic rings. The molecule has 4 heteroatoms. The van der Waals surface area contributed by atoms with Crippen LogP contribution in [0.4, 0.5) is 0 Å². The van der Waals surface area contributed by atoms with Crippen LogP contribution in [0, 0.1) is 6.92 Å². The van der Waals surface area contributed by atoms with Gasteiger partial charge in [-0.2, -0.15) is 0 Å². The molecule has 0 fully saturated rings. The molecule has 0 aliphatic heterocycles. The van der Waals surface area contributed by atoms with Crippen molar-refractivity contribution in [1.82, 2.24) is 4.98 Å². The molecular formula is C8H10BrNOS. The van der Waals surface area contributed by atoms with Crippen LogP contribution in [0.5, 0.6) is 0 Å². The predicted molar refractivity (Wildman–Crippen MR) is 55.2 cm³/mol. The highest BCUT2D eigenvalue weighted by Crippen LogP contribution is 2.28. The topological polar surface area (TPSA) is 22.1 Å². The van der Waals surface area contributed by atoms with Crippen molar-refractivity contribution in [3.63, 3.8) is 0 Å². The molecule has 0 atom stereocenters. The third kappa shape index (κ3) is 2.08. The summed E-state index contributed by atoms with van der Waals surface area (Å²) in [6.45, 7) is 8.35. The minimum Gasteiger partial charge on any atom is -0.493 e. The summed E-state index contributed by atoms with van der Waals surface area (Å²) in [6, 6.07) is 0. The zero-order chi connectivity index (χ0) is 9.14. The second-order valence-electron chi connectivity index (χ2n) is 2.24. The van der Waals surface area contributed by atoms with Gasteiger partial charge in [-0.25, -0.2) is 4.98 Å². The zero-order valence-corrected chi connectivity index (χ0v) is 9.46. The Morgan fingerprint density at radius 1 is 1.75 bits per heavy atom. The summed E-state index contributed by atoms with van der Waals surface area (Å²) in [7, 11) is 0. The van der Waals surface area contributed by atoms with E-state index in [4.69, 9.17) is 4.74 Å². The summed E-state index contributed by atoms with van der Waals surface area (Å²) in [5.41, 5.74) is 0.963. The summed E-state index contributed by atoms with van der Waals surface area (Å²) in [6.07, 6.45) is 0. The van der Waals surface area contributed by atoms with Crippen molar-refractivity contribution in [3.8, 4) is 0 Å². The highest BCUT2D eigenvalue weighted by atomic mass is 79.9. The normalized spacial score (nSPS) is 9.92. The predicted octanol–water partition coefficient (Wildman–Crippen LogP) is 3.22. The number of nitrogens with zero attached hydrogens (tertiary/aromatic N) is 1. The van der Waals surface area contributed by atoms with Gasteiger partial charge < -0.3 is 4.74 Å². The second-order valence-corrected chi connectivity index (χ2v) is 4.51. The molecule has 0 bridgehead atoms. The first-order valence-corrected chi connectivity index (χ1v) is 5.21. The molecule has 0 aliphatic rings. The monoisotopic (exact) mass is 247 g/mol. The van der Waals surface area contributed by atoms with Crippen molar-refractivity contribution < 1.29 is 4.74 Å². The first kappa shape index (κ1) is 9.74. The number of ether oxygens (including phenoxy) is 1. The minimum atomic E-state index is 0.647. The van der Waals surface area contributed by atoms with E-state index in [-0.39, 0.29) is 0 Å². The average Bonchev–Trinajstić information content (AvgIpc) is 2.30. The summed E-state index contributed by atoms with van der Waals surface area (Å²) in [4.78, 5) is 5.23. The van der Waals surface area contributed by atoms with E-state index in [1.54, 1.807) is 11.3 Å². The van der Waals surface area contributed by atoms with Gasteiger partial charge in [-0.05, 0) is 29.8 Å². The third-order valence-electron chi connectivity index (χ3n) is 1.34. The van der Waals surface area contributed by atoms with Crippen molar-refractivity contribution >= 4 is 33.0 Å². The molecule has 12 heavy (non-hydrogen) atoms. The van der Waals surface area contributed by atoms with Gasteiger partial charge in [0, 0.05) is 0 Å². The molecule has 1 heterocycles. The molecule has 0 aliphatic carbocycles. The lowest BCUT2D eigenvalue weighted by atomic mass is 10.3. The van der Waals surface area contributed by atoms with E-state index in [0.717, 1.165) is 14.5 Å². The fourth-order valence-electron chi connectivity index (χ4n) is 0.862. The Hall–Kier alpha value is -0.350. The van der Waals surface area contributed by atoms with Crippen LogP contribution >= 0.6 is 27.3 Å². The number of rotatable bonds is 3. The lowest BCUT2D eigenvalue weighted by Gasteiger charge is -2.03. The van der Waals surface area contributed by atoms with E-state index >= 15 is 0 Å².